The zero-order valence-electron chi connectivity index (χ0n) is 11.1. The molecular weight excluding hydrogens is 196 g/mol. The summed E-state index contributed by atoms with van der Waals surface area (Å²) in [5, 5.41) is 12.5. The van der Waals surface area contributed by atoms with Crippen LogP contribution in [0.5, 0.6) is 0 Å². The summed E-state index contributed by atoms with van der Waals surface area (Å²) in [7, 11) is 0. The van der Waals surface area contributed by atoms with E-state index in [0.717, 1.165) is 25.3 Å². The highest BCUT2D eigenvalue weighted by Gasteiger charge is 2.21. The van der Waals surface area contributed by atoms with Gasteiger partial charge in [0, 0.05) is 6.04 Å². The lowest BCUT2D eigenvalue weighted by atomic mass is 9.90. The van der Waals surface area contributed by atoms with E-state index in [1.165, 1.54) is 25.7 Å². The first-order valence-corrected chi connectivity index (χ1v) is 6.70. The van der Waals surface area contributed by atoms with Crippen LogP contribution in [0.2, 0.25) is 0 Å². The van der Waals surface area contributed by atoms with E-state index in [0.29, 0.717) is 6.04 Å². The molecule has 1 N–H and O–H groups in total. The normalized spacial score (nSPS) is 19.6. The molecule has 0 aromatic rings. The van der Waals surface area contributed by atoms with E-state index in [9.17, 15) is 0 Å². The van der Waals surface area contributed by atoms with Gasteiger partial charge in [0.25, 0.3) is 0 Å². The smallest absolute Gasteiger partial charge is 0.0683 e. The molecule has 1 atom stereocenters. The Labute approximate surface area is 100 Å². The summed E-state index contributed by atoms with van der Waals surface area (Å²) >= 11 is 0. The lowest BCUT2D eigenvalue weighted by Crippen LogP contribution is -2.33. The second-order valence-corrected chi connectivity index (χ2v) is 5.89. The van der Waals surface area contributed by atoms with E-state index >= 15 is 0 Å². The van der Waals surface area contributed by atoms with Gasteiger partial charge in [0.1, 0.15) is 0 Å². The van der Waals surface area contributed by atoms with E-state index in [1.807, 2.05) is 13.8 Å². The van der Waals surface area contributed by atoms with E-state index in [4.69, 9.17) is 5.26 Å². The molecule has 2 heteroatoms. The maximum atomic E-state index is 8.90. The van der Waals surface area contributed by atoms with E-state index in [1.54, 1.807) is 0 Å². The number of rotatable bonds is 6. The number of nitrogens with zero attached hydrogens (tertiary/aromatic N) is 1. The van der Waals surface area contributed by atoms with Gasteiger partial charge in [-0.15, -0.1) is 0 Å². The van der Waals surface area contributed by atoms with Crippen LogP contribution in [0.4, 0.5) is 0 Å². The van der Waals surface area contributed by atoms with Gasteiger partial charge in [-0.25, -0.2) is 0 Å². The molecule has 92 valence electrons. The standard InChI is InChI=1S/C14H26N2/c1-12(13-7-4-5-8-13)16-10-6-9-14(2,3)11-15/h12-13,16H,4-10H2,1-3H3/t12-/m0/s1. The van der Waals surface area contributed by atoms with Gasteiger partial charge in [0.15, 0.2) is 0 Å². The minimum atomic E-state index is -0.154. The van der Waals surface area contributed by atoms with Crippen molar-refractivity contribution in [3.63, 3.8) is 0 Å². The first kappa shape index (κ1) is 13.5. The SMILES string of the molecule is C[C@H](NCCCC(C)(C)C#N)C1CCCC1. The number of hydrogen-bond donors (Lipinski definition) is 1. The summed E-state index contributed by atoms with van der Waals surface area (Å²) in [4.78, 5) is 0. The topological polar surface area (TPSA) is 35.8 Å². The second-order valence-electron chi connectivity index (χ2n) is 5.89. The highest BCUT2D eigenvalue weighted by molar-refractivity contribution is 4.91. The Kier molecular flexibility index (Phi) is 5.28. The Morgan fingerprint density at radius 1 is 1.38 bits per heavy atom. The summed E-state index contributed by atoms with van der Waals surface area (Å²) in [6.45, 7) is 7.41. The zero-order valence-corrected chi connectivity index (χ0v) is 11.1. The molecule has 16 heavy (non-hydrogen) atoms. The monoisotopic (exact) mass is 222 g/mol. The number of nitriles is 1. The molecule has 0 bridgehead atoms. The van der Waals surface area contributed by atoms with Crippen LogP contribution in [0.25, 0.3) is 0 Å². The highest BCUT2D eigenvalue weighted by atomic mass is 14.9. The van der Waals surface area contributed by atoms with Gasteiger partial charge in [-0.3, -0.25) is 0 Å². The van der Waals surface area contributed by atoms with Crippen molar-refractivity contribution in [1.82, 2.24) is 5.32 Å². The van der Waals surface area contributed by atoms with E-state index in [-0.39, 0.29) is 5.41 Å². The quantitative estimate of drug-likeness (QED) is 0.698. The van der Waals surface area contributed by atoms with E-state index < -0.39 is 0 Å². The predicted molar refractivity (Wildman–Crippen MR) is 68.1 cm³/mol. The summed E-state index contributed by atoms with van der Waals surface area (Å²) in [5.41, 5.74) is -0.154. The van der Waals surface area contributed by atoms with Gasteiger partial charge < -0.3 is 5.32 Å². The molecule has 0 aromatic heterocycles. The Morgan fingerprint density at radius 3 is 2.56 bits per heavy atom. The zero-order chi connectivity index (χ0) is 12.0. The second kappa shape index (κ2) is 6.25. The Balaban J connectivity index is 2.09. The third-order valence-corrected chi connectivity index (χ3v) is 3.85. The molecule has 0 heterocycles. The molecule has 0 aromatic carbocycles. The number of nitrogens with one attached hydrogen (secondary N) is 1. The minimum Gasteiger partial charge on any atom is -0.314 e. The van der Waals surface area contributed by atoms with Gasteiger partial charge in [-0.1, -0.05) is 12.8 Å². The largest absolute Gasteiger partial charge is 0.314 e. The lowest BCUT2D eigenvalue weighted by Gasteiger charge is -2.21. The van der Waals surface area contributed by atoms with Crippen molar-refractivity contribution in [3.8, 4) is 6.07 Å². The van der Waals surface area contributed by atoms with Crippen LogP contribution < -0.4 is 5.32 Å². The first-order valence-electron chi connectivity index (χ1n) is 6.70. The van der Waals surface area contributed by atoms with Crippen LogP contribution >= 0.6 is 0 Å². The average Bonchev–Trinajstić information content (AvgIpc) is 2.77. The van der Waals surface area contributed by atoms with Crippen molar-refractivity contribution in [3.05, 3.63) is 0 Å². The molecule has 1 rings (SSSR count). The predicted octanol–water partition coefficient (Wildman–Crippen LogP) is 3.48. The van der Waals surface area contributed by atoms with Crippen molar-refractivity contribution in [2.45, 2.75) is 65.3 Å². The third-order valence-electron chi connectivity index (χ3n) is 3.85. The Morgan fingerprint density at radius 2 is 2.00 bits per heavy atom. The Bertz CT molecular complexity index is 234. The third kappa shape index (κ3) is 4.53. The van der Waals surface area contributed by atoms with Crippen LogP contribution in [0.3, 0.4) is 0 Å². The van der Waals surface area contributed by atoms with Crippen molar-refractivity contribution in [2.24, 2.45) is 11.3 Å². The fourth-order valence-electron chi connectivity index (χ4n) is 2.54. The Hall–Kier alpha value is -0.550. The maximum absolute atomic E-state index is 8.90. The molecule has 1 fully saturated rings. The van der Waals surface area contributed by atoms with Crippen molar-refractivity contribution < 1.29 is 0 Å². The van der Waals surface area contributed by atoms with Crippen molar-refractivity contribution >= 4 is 0 Å². The fraction of sp³-hybridized carbons (Fsp3) is 0.929. The van der Waals surface area contributed by atoms with Crippen LogP contribution in [0.15, 0.2) is 0 Å². The molecule has 0 spiro atoms. The molecule has 0 saturated heterocycles. The molecule has 0 amide bonds. The van der Waals surface area contributed by atoms with Gasteiger partial charge in [-0.2, -0.15) is 5.26 Å². The molecular formula is C14H26N2. The molecule has 1 saturated carbocycles. The van der Waals surface area contributed by atoms with Gasteiger partial charge in [0.05, 0.1) is 11.5 Å². The van der Waals surface area contributed by atoms with Crippen LogP contribution in [0, 0.1) is 22.7 Å². The molecule has 1 aliphatic rings. The summed E-state index contributed by atoms with van der Waals surface area (Å²) in [6, 6.07) is 3.02. The average molecular weight is 222 g/mol. The molecule has 0 unspecified atom stereocenters. The van der Waals surface area contributed by atoms with Gasteiger partial charge in [0.2, 0.25) is 0 Å². The summed E-state index contributed by atoms with van der Waals surface area (Å²) in [6.07, 6.45) is 7.73. The van der Waals surface area contributed by atoms with Gasteiger partial charge >= 0.3 is 0 Å². The minimum absolute atomic E-state index is 0.154. The molecule has 0 radical (unpaired) electrons. The highest BCUT2D eigenvalue weighted by Crippen LogP contribution is 2.27. The molecule has 0 aliphatic heterocycles. The fourth-order valence-corrected chi connectivity index (χ4v) is 2.54. The first-order chi connectivity index (χ1) is 7.55. The van der Waals surface area contributed by atoms with Crippen molar-refractivity contribution in [2.75, 3.05) is 6.54 Å². The van der Waals surface area contributed by atoms with Gasteiger partial charge in [-0.05, 0) is 58.9 Å². The van der Waals surface area contributed by atoms with Crippen LogP contribution in [-0.4, -0.2) is 12.6 Å². The summed E-state index contributed by atoms with van der Waals surface area (Å²) in [5.74, 6) is 0.893. The van der Waals surface area contributed by atoms with Crippen LogP contribution in [0.1, 0.15) is 59.3 Å². The number of hydrogen-bond acceptors (Lipinski definition) is 2. The van der Waals surface area contributed by atoms with Crippen molar-refractivity contribution in [1.29, 1.82) is 5.26 Å². The summed E-state index contributed by atoms with van der Waals surface area (Å²) < 4.78 is 0. The maximum Gasteiger partial charge on any atom is 0.0683 e. The van der Waals surface area contributed by atoms with E-state index in [2.05, 4.69) is 18.3 Å². The lowest BCUT2D eigenvalue weighted by molar-refractivity contribution is 0.361. The molecule has 1 aliphatic carbocycles. The molecule has 2 nitrogen and oxygen atoms in total. The van der Waals surface area contributed by atoms with Crippen LogP contribution in [-0.2, 0) is 0 Å².